The summed E-state index contributed by atoms with van der Waals surface area (Å²) in [5.74, 6) is 1.20. The van der Waals surface area contributed by atoms with E-state index in [1.165, 1.54) is 53.7 Å². The predicted molar refractivity (Wildman–Crippen MR) is 203 cm³/mol. The second kappa shape index (κ2) is 17.0. The number of rotatable bonds is 15. The van der Waals surface area contributed by atoms with E-state index in [0.29, 0.717) is 69.2 Å². The van der Waals surface area contributed by atoms with Gasteiger partial charge in [-0.1, -0.05) is 13.0 Å². The number of carbonyl (C=O) groups excluding carboxylic acids is 2. The van der Waals surface area contributed by atoms with Crippen LogP contribution in [-0.4, -0.2) is 75.5 Å². The molecule has 296 valence electrons. The van der Waals surface area contributed by atoms with Crippen LogP contribution in [0.15, 0.2) is 54.6 Å². The fourth-order valence-corrected chi connectivity index (χ4v) is 7.59. The van der Waals surface area contributed by atoms with Crippen molar-refractivity contribution in [2.24, 2.45) is 11.8 Å². The molecule has 4 aromatic rings. The molecule has 0 bridgehead atoms. The highest BCUT2D eigenvalue weighted by Crippen LogP contribution is 2.54. The minimum absolute atomic E-state index is 0.00147. The van der Waals surface area contributed by atoms with Crippen molar-refractivity contribution in [3.63, 3.8) is 0 Å². The number of carbonyl (C=O) groups is 2. The van der Waals surface area contributed by atoms with Crippen LogP contribution in [0.25, 0.3) is 11.6 Å². The molecule has 1 aliphatic carbocycles. The molecule has 4 atom stereocenters. The van der Waals surface area contributed by atoms with Gasteiger partial charge in [0.2, 0.25) is 18.3 Å². The van der Waals surface area contributed by atoms with E-state index in [4.69, 9.17) is 47.4 Å². The molecule has 1 amide bonds. The summed E-state index contributed by atoms with van der Waals surface area (Å²) in [5, 5.41) is 3.27. The van der Waals surface area contributed by atoms with Crippen molar-refractivity contribution < 1.29 is 61.3 Å². The molecule has 56 heavy (non-hydrogen) atoms. The van der Waals surface area contributed by atoms with Gasteiger partial charge in [-0.25, -0.2) is 4.39 Å². The third-order valence-electron chi connectivity index (χ3n) is 10.3. The van der Waals surface area contributed by atoms with E-state index < -0.39 is 23.7 Å². The van der Waals surface area contributed by atoms with Crippen molar-refractivity contribution in [2.75, 3.05) is 63.2 Å². The van der Waals surface area contributed by atoms with Crippen LogP contribution in [0.3, 0.4) is 0 Å². The monoisotopic (exact) mass is 773 g/mol. The average molecular weight is 774 g/mol. The van der Waals surface area contributed by atoms with Gasteiger partial charge in [-0.05, 0) is 88.3 Å². The van der Waals surface area contributed by atoms with Gasteiger partial charge < -0.3 is 52.7 Å². The fraction of sp³-hybridized carbons (Fsp3) is 0.333. The Balaban J connectivity index is 1.54. The zero-order chi connectivity index (χ0) is 40.1. The van der Waals surface area contributed by atoms with Crippen LogP contribution in [0.4, 0.5) is 4.39 Å². The molecule has 1 N–H and O–H groups in total. The van der Waals surface area contributed by atoms with Crippen molar-refractivity contribution in [1.82, 2.24) is 5.32 Å². The topological polar surface area (TPSA) is 138 Å². The molecule has 0 radical (unpaired) electrons. The summed E-state index contributed by atoms with van der Waals surface area (Å²) in [4.78, 5) is 26.7. The highest BCUT2D eigenvalue weighted by molar-refractivity contribution is 6.24. The predicted octanol–water partition coefficient (Wildman–Crippen LogP) is 6.58. The molecular formula is C42H44FNO12. The summed E-state index contributed by atoms with van der Waals surface area (Å²) >= 11 is 0. The van der Waals surface area contributed by atoms with Gasteiger partial charge in [0.1, 0.15) is 0 Å². The number of hydrogen-bond donors (Lipinski definition) is 1. The zero-order valence-corrected chi connectivity index (χ0v) is 32.4. The smallest absolute Gasteiger partial charge is 0.293 e. The highest BCUT2D eigenvalue weighted by Gasteiger charge is 2.44. The normalized spacial score (nSPS) is 18.3. The Morgan fingerprint density at radius 3 is 1.84 bits per heavy atom. The average Bonchev–Trinajstić information content (AvgIpc) is 3.69. The molecule has 0 fully saturated rings. The van der Waals surface area contributed by atoms with Gasteiger partial charge in [-0.2, -0.15) is 0 Å². The number of hydrogen-bond acceptors (Lipinski definition) is 12. The number of fused-ring (bicyclic) bond motifs is 2. The first-order chi connectivity index (χ1) is 27.1. The molecular weight excluding hydrogens is 729 g/mol. The molecule has 0 saturated heterocycles. The third-order valence-corrected chi connectivity index (χ3v) is 10.3. The number of benzene rings is 4. The lowest BCUT2D eigenvalue weighted by atomic mass is 9.65. The molecule has 1 heterocycles. The number of ether oxygens (including phenoxy) is 10. The van der Waals surface area contributed by atoms with E-state index in [9.17, 15) is 14.0 Å². The van der Waals surface area contributed by atoms with E-state index in [1.807, 2.05) is 31.2 Å². The van der Waals surface area contributed by atoms with Gasteiger partial charge in [0.25, 0.3) is 12.4 Å². The Hall–Kier alpha value is -6.31. The van der Waals surface area contributed by atoms with Gasteiger partial charge in [0, 0.05) is 17.4 Å². The molecule has 1 aliphatic heterocycles. The molecule has 0 aromatic heterocycles. The van der Waals surface area contributed by atoms with Gasteiger partial charge in [0.05, 0.1) is 62.4 Å². The second-order valence-electron chi connectivity index (χ2n) is 13.0. The van der Waals surface area contributed by atoms with Crippen LogP contribution in [0.2, 0.25) is 0 Å². The largest absolute Gasteiger partial charge is 0.494 e. The summed E-state index contributed by atoms with van der Waals surface area (Å²) < 4.78 is 70.8. The van der Waals surface area contributed by atoms with E-state index >= 15 is 0 Å². The molecule has 6 rings (SSSR count). The van der Waals surface area contributed by atoms with Gasteiger partial charge in [-0.3, -0.25) is 9.59 Å². The molecule has 0 spiro atoms. The summed E-state index contributed by atoms with van der Waals surface area (Å²) in [6.07, 6.45) is 1.61. The fourth-order valence-electron chi connectivity index (χ4n) is 7.59. The molecule has 4 aromatic carbocycles. The van der Waals surface area contributed by atoms with E-state index in [-0.39, 0.29) is 36.6 Å². The maximum Gasteiger partial charge on any atom is 0.293 e. The maximum absolute atomic E-state index is 14.9. The van der Waals surface area contributed by atoms with Crippen LogP contribution >= 0.6 is 0 Å². The number of nitrogens with one attached hydrogen (secondary N) is 1. The Morgan fingerprint density at radius 2 is 1.30 bits per heavy atom. The molecule has 0 saturated carbocycles. The van der Waals surface area contributed by atoms with Crippen molar-refractivity contribution in [1.29, 1.82) is 0 Å². The summed E-state index contributed by atoms with van der Waals surface area (Å²) in [6, 6.07) is 14.4. The van der Waals surface area contributed by atoms with E-state index in [0.717, 1.165) is 11.1 Å². The number of amides is 1. The third kappa shape index (κ3) is 7.38. The van der Waals surface area contributed by atoms with E-state index in [1.54, 1.807) is 32.4 Å². The van der Waals surface area contributed by atoms with Gasteiger partial charge in [0.15, 0.2) is 46.1 Å². The van der Waals surface area contributed by atoms with Crippen LogP contribution < -0.4 is 47.9 Å². The summed E-state index contributed by atoms with van der Waals surface area (Å²) in [6.45, 7) is 2.40. The Bertz CT molecular complexity index is 2090. The number of halogens is 1. The van der Waals surface area contributed by atoms with Gasteiger partial charge in [-0.15, -0.1) is 0 Å². The Labute approximate surface area is 324 Å². The second-order valence-corrected chi connectivity index (χ2v) is 13.0. The standard InChI is InChI=1S/C42H44FNO12/c1-22-29(19-54-20-45)39(28-18-33-32(55-21-56-33)17-27(28)38(22)25-15-36(50-5)41(53-8)37(16-25)51-6)44-42(46)26(11-23-9-10-30(43)31(12-23)47-2)24-13-34(48-3)40(52-7)35(14-24)49-4/h9-18,20,22,29,38-39H,19,21H2,1-8H3,(H,44,46)/b26-11+/t22-,29-,38+,39+/m0/s1. The first-order valence-electron chi connectivity index (χ1n) is 17.6. The molecule has 14 heteroatoms. The van der Waals surface area contributed by atoms with Gasteiger partial charge >= 0.3 is 0 Å². The molecule has 0 unspecified atom stereocenters. The van der Waals surface area contributed by atoms with Crippen LogP contribution in [-0.2, 0) is 14.3 Å². The van der Waals surface area contributed by atoms with E-state index in [2.05, 4.69) is 5.32 Å². The summed E-state index contributed by atoms with van der Waals surface area (Å²) in [7, 11) is 10.4. The first-order valence-corrected chi connectivity index (χ1v) is 17.6. The van der Waals surface area contributed by atoms with Crippen LogP contribution in [0, 0.1) is 17.7 Å². The van der Waals surface area contributed by atoms with Crippen molar-refractivity contribution in [2.45, 2.75) is 18.9 Å². The SMILES string of the molecule is COc1cc(/C=C(/C(=O)N[C@@H]2c3cc4c(cc3[C@@H](c3cc(OC)c(OC)c(OC)c3)[C@@H](C)[C@@H]2COC=O)OCO4)c2cc(OC)c(OC)c(OC)c2)ccc1F. The summed E-state index contributed by atoms with van der Waals surface area (Å²) in [5.41, 5.74) is 3.44. The lowest BCUT2D eigenvalue weighted by Crippen LogP contribution is -2.43. The quantitative estimate of drug-likeness (QED) is 0.0793. The minimum Gasteiger partial charge on any atom is -0.494 e. The van der Waals surface area contributed by atoms with Crippen molar-refractivity contribution >= 4 is 24.0 Å². The van der Waals surface area contributed by atoms with Crippen molar-refractivity contribution in [3.05, 3.63) is 88.2 Å². The lowest BCUT2D eigenvalue weighted by Gasteiger charge is -2.43. The minimum atomic E-state index is -0.728. The maximum atomic E-state index is 14.9. The Morgan fingerprint density at radius 1 is 0.750 bits per heavy atom. The molecule has 2 aliphatic rings. The number of methoxy groups -OCH3 is 7. The Kier molecular flexibility index (Phi) is 12.0. The highest BCUT2D eigenvalue weighted by atomic mass is 19.1. The van der Waals surface area contributed by atoms with Crippen LogP contribution in [0.5, 0.6) is 51.7 Å². The van der Waals surface area contributed by atoms with Crippen molar-refractivity contribution in [3.8, 4) is 51.7 Å². The first kappa shape index (κ1) is 39.4. The lowest BCUT2D eigenvalue weighted by molar-refractivity contribution is -0.131. The zero-order valence-electron chi connectivity index (χ0n) is 32.4. The van der Waals surface area contributed by atoms with Crippen LogP contribution in [0.1, 0.15) is 46.7 Å². The molecule has 13 nitrogen and oxygen atoms in total.